The molecule has 5 nitrogen and oxygen atoms in total. The molecule has 0 radical (unpaired) electrons. The highest BCUT2D eigenvalue weighted by Crippen LogP contribution is 2.17. The van der Waals surface area contributed by atoms with E-state index in [4.69, 9.17) is 0 Å². The summed E-state index contributed by atoms with van der Waals surface area (Å²) in [5.41, 5.74) is 1.55. The maximum atomic E-state index is 9.33. The third-order valence-electron chi connectivity index (χ3n) is 3.34. The molecule has 0 aliphatic heterocycles. The van der Waals surface area contributed by atoms with E-state index >= 15 is 0 Å². The van der Waals surface area contributed by atoms with Gasteiger partial charge in [0.1, 0.15) is 5.65 Å². The topological polar surface area (TPSA) is 61.0 Å². The first kappa shape index (κ1) is 14.0. The van der Waals surface area contributed by atoms with E-state index in [1.54, 1.807) is 0 Å². The van der Waals surface area contributed by atoms with Gasteiger partial charge in [0.25, 0.3) is 0 Å². The average Bonchev–Trinajstić information content (AvgIpc) is 2.82. The lowest BCUT2D eigenvalue weighted by molar-refractivity contribution is 0.0398. The van der Waals surface area contributed by atoms with Crippen LogP contribution in [-0.4, -0.2) is 51.3 Å². The molecule has 104 valence electrons. The largest absolute Gasteiger partial charge is 0.396 e. The van der Waals surface area contributed by atoms with Gasteiger partial charge in [-0.1, -0.05) is 13.0 Å². The Labute approximate surface area is 113 Å². The predicted octanol–water partition coefficient (Wildman–Crippen LogP) is 0.757. The fourth-order valence-corrected chi connectivity index (χ4v) is 2.24. The minimum atomic E-state index is -0.477. The summed E-state index contributed by atoms with van der Waals surface area (Å²) >= 11 is 0. The second kappa shape index (κ2) is 5.69. The Kier molecular flexibility index (Phi) is 4.19. The Balaban J connectivity index is 2.08. The molecule has 0 atom stereocenters. The number of hydrogen-bond donors (Lipinski definition) is 2. The Morgan fingerprint density at radius 1 is 1.32 bits per heavy atom. The standard InChI is InChI=1S/C14H21N3O2/c1-14(10-18,11-19)9-16(2)8-12-7-15-13-5-3-4-6-17(12)13/h3-7,18-19H,8-11H2,1-2H3. The van der Waals surface area contributed by atoms with Crippen molar-refractivity contribution < 1.29 is 10.2 Å². The van der Waals surface area contributed by atoms with E-state index in [9.17, 15) is 10.2 Å². The highest BCUT2D eigenvalue weighted by molar-refractivity contribution is 5.39. The molecule has 0 amide bonds. The lowest BCUT2D eigenvalue weighted by Crippen LogP contribution is -2.38. The molecule has 0 saturated heterocycles. The number of aliphatic hydroxyl groups excluding tert-OH is 2. The number of hydrogen-bond acceptors (Lipinski definition) is 4. The van der Waals surface area contributed by atoms with Crippen molar-refractivity contribution in [2.45, 2.75) is 13.5 Å². The smallest absolute Gasteiger partial charge is 0.136 e. The van der Waals surface area contributed by atoms with Crippen LogP contribution in [0.1, 0.15) is 12.6 Å². The Morgan fingerprint density at radius 3 is 2.74 bits per heavy atom. The molecule has 2 aromatic heterocycles. The monoisotopic (exact) mass is 263 g/mol. The third kappa shape index (κ3) is 3.12. The van der Waals surface area contributed by atoms with Crippen molar-refractivity contribution >= 4 is 5.65 Å². The van der Waals surface area contributed by atoms with Gasteiger partial charge in [0.15, 0.2) is 0 Å². The summed E-state index contributed by atoms with van der Waals surface area (Å²) in [6.45, 7) is 3.17. The third-order valence-corrected chi connectivity index (χ3v) is 3.34. The van der Waals surface area contributed by atoms with Crippen molar-refractivity contribution in [1.29, 1.82) is 0 Å². The normalized spacial score (nSPS) is 12.5. The summed E-state index contributed by atoms with van der Waals surface area (Å²) in [7, 11) is 1.98. The van der Waals surface area contributed by atoms with E-state index in [-0.39, 0.29) is 13.2 Å². The van der Waals surface area contributed by atoms with Crippen LogP contribution in [0.25, 0.3) is 5.65 Å². The molecule has 5 heteroatoms. The van der Waals surface area contributed by atoms with E-state index in [0.29, 0.717) is 6.54 Å². The first-order valence-electron chi connectivity index (χ1n) is 6.39. The van der Waals surface area contributed by atoms with Gasteiger partial charge in [-0.05, 0) is 19.2 Å². The van der Waals surface area contributed by atoms with Crippen molar-refractivity contribution in [3.05, 3.63) is 36.3 Å². The highest BCUT2D eigenvalue weighted by atomic mass is 16.3. The number of pyridine rings is 1. The van der Waals surface area contributed by atoms with E-state index in [1.165, 1.54) is 0 Å². The van der Waals surface area contributed by atoms with E-state index in [1.807, 2.05) is 49.0 Å². The van der Waals surface area contributed by atoms with Crippen LogP contribution >= 0.6 is 0 Å². The van der Waals surface area contributed by atoms with Gasteiger partial charge >= 0.3 is 0 Å². The first-order valence-corrected chi connectivity index (χ1v) is 6.39. The number of aromatic nitrogens is 2. The maximum Gasteiger partial charge on any atom is 0.136 e. The zero-order valence-corrected chi connectivity index (χ0v) is 11.5. The van der Waals surface area contributed by atoms with Crippen molar-refractivity contribution in [3.8, 4) is 0 Å². The van der Waals surface area contributed by atoms with Crippen molar-refractivity contribution in [1.82, 2.24) is 14.3 Å². The quantitative estimate of drug-likeness (QED) is 0.807. The summed E-state index contributed by atoms with van der Waals surface area (Å²) in [5.74, 6) is 0. The van der Waals surface area contributed by atoms with Gasteiger partial charge in [0.05, 0.1) is 25.1 Å². The Morgan fingerprint density at radius 2 is 2.05 bits per heavy atom. The van der Waals surface area contributed by atoms with E-state index < -0.39 is 5.41 Å². The number of aliphatic hydroxyl groups is 2. The molecule has 0 aliphatic rings. The maximum absolute atomic E-state index is 9.33. The van der Waals surface area contributed by atoms with Crippen LogP contribution in [0, 0.1) is 5.41 Å². The molecule has 0 spiro atoms. The number of imidazole rings is 1. The highest BCUT2D eigenvalue weighted by Gasteiger charge is 2.24. The van der Waals surface area contributed by atoms with Gasteiger partial charge in [0, 0.05) is 24.7 Å². The molecule has 0 bridgehead atoms. The first-order chi connectivity index (χ1) is 9.08. The van der Waals surface area contributed by atoms with Crippen molar-refractivity contribution in [2.24, 2.45) is 5.41 Å². The second-order valence-corrected chi connectivity index (χ2v) is 5.48. The molecule has 0 fully saturated rings. The number of fused-ring (bicyclic) bond motifs is 1. The average molecular weight is 263 g/mol. The molecule has 0 aliphatic carbocycles. The SMILES string of the molecule is CN(Cc1cnc2ccccn12)CC(C)(CO)CO. The molecule has 0 saturated carbocycles. The molecule has 2 aromatic rings. The van der Waals surface area contributed by atoms with Crippen LogP contribution in [0.15, 0.2) is 30.6 Å². The zero-order valence-electron chi connectivity index (χ0n) is 11.5. The van der Waals surface area contributed by atoms with Gasteiger partial charge in [-0.25, -0.2) is 4.98 Å². The van der Waals surface area contributed by atoms with Crippen LogP contribution in [0.3, 0.4) is 0 Å². The predicted molar refractivity (Wildman–Crippen MR) is 73.8 cm³/mol. The fourth-order valence-electron chi connectivity index (χ4n) is 2.24. The lowest BCUT2D eigenvalue weighted by atomic mass is 9.92. The van der Waals surface area contributed by atoms with E-state index in [2.05, 4.69) is 9.88 Å². The minimum Gasteiger partial charge on any atom is -0.396 e. The lowest BCUT2D eigenvalue weighted by Gasteiger charge is -2.30. The summed E-state index contributed by atoms with van der Waals surface area (Å²) in [6.07, 6.45) is 3.85. The van der Waals surface area contributed by atoms with Crippen LogP contribution in [0.4, 0.5) is 0 Å². The van der Waals surface area contributed by atoms with Crippen molar-refractivity contribution in [3.63, 3.8) is 0 Å². The molecule has 2 heterocycles. The molecular weight excluding hydrogens is 242 g/mol. The number of rotatable bonds is 6. The van der Waals surface area contributed by atoms with Gasteiger partial charge in [-0.2, -0.15) is 0 Å². The van der Waals surface area contributed by atoms with Crippen LogP contribution in [0.5, 0.6) is 0 Å². The fraction of sp³-hybridized carbons (Fsp3) is 0.500. The van der Waals surface area contributed by atoms with Gasteiger partial charge in [0.2, 0.25) is 0 Å². The second-order valence-electron chi connectivity index (χ2n) is 5.48. The summed E-state index contributed by atoms with van der Waals surface area (Å²) < 4.78 is 2.05. The van der Waals surface area contributed by atoms with Gasteiger partial charge < -0.3 is 14.6 Å². The summed E-state index contributed by atoms with van der Waals surface area (Å²) in [6, 6.07) is 5.91. The number of nitrogens with zero attached hydrogens (tertiary/aromatic N) is 3. The minimum absolute atomic E-state index is 0.0268. The molecule has 2 rings (SSSR count). The zero-order chi connectivity index (χ0) is 13.9. The van der Waals surface area contributed by atoms with Gasteiger partial charge in [-0.3, -0.25) is 4.90 Å². The van der Waals surface area contributed by atoms with Gasteiger partial charge in [-0.15, -0.1) is 0 Å². The Bertz CT molecular complexity index is 534. The Hall–Kier alpha value is -1.43. The van der Waals surface area contributed by atoms with Crippen molar-refractivity contribution in [2.75, 3.05) is 26.8 Å². The molecule has 0 unspecified atom stereocenters. The van der Waals surface area contributed by atoms with Crippen LogP contribution in [-0.2, 0) is 6.54 Å². The molecule has 2 N–H and O–H groups in total. The van der Waals surface area contributed by atoms with E-state index in [0.717, 1.165) is 17.9 Å². The summed E-state index contributed by atoms with van der Waals surface area (Å²) in [5, 5.41) is 18.7. The molecule has 0 aromatic carbocycles. The molecular formula is C14H21N3O2. The summed E-state index contributed by atoms with van der Waals surface area (Å²) in [4.78, 5) is 6.43. The molecule has 19 heavy (non-hydrogen) atoms. The van der Waals surface area contributed by atoms with Crippen LogP contribution < -0.4 is 0 Å². The van der Waals surface area contributed by atoms with Crippen LogP contribution in [0.2, 0.25) is 0 Å².